The Morgan fingerprint density at radius 2 is 1.82 bits per heavy atom. The van der Waals surface area contributed by atoms with Gasteiger partial charge >= 0.3 is 0 Å². The van der Waals surface area contributed by atoms with Crippen molar-refractivity contribution >= 4 is 40.6 Å². The molecule has 0 N–H and O–H groups in total. The summed E-state index contributed by atoms with van der Waals surface area (Å²) in [5.74, 6) is 2.15. The van der Waals surface area contributed by atoms with Crippen molar-refractivity contribution in [2.75, 3.05) is 13.7 Å². The number of hydrogen-bond acceptors (Lipinski definition) is 5. The molecule has 2 saturated carbocycles. The summed E-state index contributed by atoms with van der Waals surface area (Å²) in [4.78, 5) is 25.9. The molecule has 1 saturated heterocycles. The van der Waals surface area contributed by atoms with Crippen molar-refractivity contribution in [1.82, 2.24) is 5.01 Å². The monoisotopic (exact) mass is 492 g/mol. The molecule has 0 spiro atoms. The molecule has 1 aromatic carbocycles. The van der Waals surface area contributed by atoms with Crippen molar-refractivity contribution in [3.05, 3.63) is 33.4 Å². The van der Waals surface area contributed by atoms with Gasteiger partial charge in [-0.25, -0.2) is 0 Å². The van der Waals surface area contributed by atoms with E-state index in [1.54, 1.807) is 19.4 Å². The summed E-state index contributed by atoms with van der Waals surface area (Å²) in [5, 5.41) is 5.39. The maximum absolute atomic E-state index is 13.0. The van der Waals surface area contributed by atoms with Crippen LogP contribution in [0.1, 0.15) is 18.9 Å². The number of hydrogen-bond donors (Lipinski definition) is 0. The summed E-state index contributed by atoms with van der Waals surface area (Å²) in [6.45, 7) is 2.46. The minimum absolute atomic E-state index is 0.149. The van der Waals surface area contributed by atoms with Gasteiger partial charge in [-0.15, -0.1) is 0 Å². The first kappa shape index (κ1) is 18.1. The zero-order valence-electron chi connectivity index (χ0n) is 15.7. The molecule has 28 heavy (non-hydrogen) atoms. The first-order chi connectivity index (χ1) is 13.5. The zero-order chi connectivity index (χ0) is 19.6. The average Bonchev–Trinajstić information content (AvgIpc) is 3.47. The van der Waals surface area contributed by atoms with E-state index < -0.39 is 0 Å². The van der Waals surface area contributed by atoms with Crippen molar-refractivity contribution in [1.29, 1.82) is 0 Å². The van der Waals surface area contributed by atoms with Crippen LogP contribution >= 0.6 is 22.6 Å². The average molecular weight is 492 g/mol. The number of rotatable bonds is 5. The number of methoxy groups -OCH3 is 1. The van der Waals surface area contributed by atoms with Gasteiger partial charge in [-0.3, -0.25) is 9.59 Å². The second-order valence-corrected chi connectivity index (χ2v) is 9.02. The van der Waals surface area contributed by atoms with Gasteiger partial charge in [0.15, 0.2) is 11.5 Å². The van der Waals surface area contributed by atoms with Crippen LogP contribution < -0.4 is 9.47 Å². The number of imide groups is 1. The van der Waals surface area contributed by atoms with E-state index in [4.69, 9.17) is 9.47 Å². The van der Waals surface area contributed by atoms with Gasteiger partial charge in [0.2, 0.25) is 0 Å². The number of amides is 2. The fourth-order valence-corrected chi connectivity index (χ4v) is 6.06. The molecule has 0 aromatic heterocycles. The largest absolute Gasteiger partial charge is 0.493 e. The number of halogens is 1. The fourth-order valence-electron chi connectivity index (χ4n) is 5.28. The lowest BCUT2D eigenvalue weighted by Crippen LogP contribution is -2.40. The van der Waals surface area contributed by atoms with E-state index in [-0.39, 0.29) is 35.5 Å². The van der Waals surface area contributed by atoms with Crippen LogP contribution in [0, 0.1) is 39.1 Å². The van der Waals surface area contributed by atoms with Crippen molar-refractivity contribution in [2.24, 2.45) is 40.6 Å². The smallest absolute Gasteiger partial charge is 0.254 e. The summed E-state index contributed by atoms with van der Waals surface area (Å²) in [6.07, 6.45) is 7.04. The molecule has 7 heteroatoms. The summed E-state index contributed by atoms with van der Waals surface area (Å²) < 4.78 is 11.9. The molecule has 4 aliphatic carbocycles. The Balaban J connectivity index is 1.41. The molecule has 6 nitrogen and oxygen atoms in total. The van der Waals surface area contributed by atoms with Crippen LogP contribution in [-0.4, -0.2) is 36.8 Å². The molecule has 3 fully saturated rings. The van der Waals surface area contributed by atoms with Crippen molar-refractivity contribution in [2.45, 2.75) is 13.3 Å². The SMILES string of the molecule is CCOc1c(I)cc(/C=N\N2C(=O)[C@@H]3[C@@H]4C=C[C@H]([C@H]5C[C@@H]45)[C@@H]3C2=O)cc1OC. The predicted molar refractivity (Wildman–Crippen MR) is 111 cm³/mol. The number of carbonyl (C=O) groups is 2. The van der Waals surface area contributed by atoms with E-state index in [1.165, 1.54) is 0 Å². The highest BCUT2D eigenvalue weighted by molar-refractivity contribution is 14.1. The number of allylic oxidation sites excluding steroid dienone is 2. The molecule has 0 radical (unpaired) electrons. The molecule has 0 unspecified atom stereocenters. The maximum Gasteiger partial charge on any atom is 0.254 e. The molecule has 1 aliphatic heterocycles. The van der Waals surface area contributed by atoms with E-state index in [2.05, 4.69) is 39.8 Å². The number of ether oxygens (including phenoxy) is 2. The van der Waals surface area contributed by atoms with Gasteiger partial charge in [0, 0.05) is 0 Å². The van der Waals surface area contributed by atoms with Crippen molar-refractivity contribution in [3.8, 4) is 11.5 Å². The topological polar surface area (TPSA) is 68.2 Å². The molecular formula is C21H21IN2O4. The lowest BCUT2D eigenvalue weighted by atomic mass is 9.63. The van der Waals surface area contributed by atoms with Gasteiger partial charge in [0.05, 0.1) is 35.3 Å². The second kappa shape index (κ2) is 6.57. The van der Waals surface area contributed by atoms with Crippen LogP contribution in [0.5, 0.6) is 11.5 Å². The molecule has 6 rings (SSSR count). The van der Waals surface area contributed by atoms with E-state index in [0.29, 0.717) is 29.9 Å². The van der Waals surface area contributed by atoms with Gasteiger partial charge in [0.25, 0.3) is 11.8 Å². The molecule has 2 bridgehead atoms. The van der Waals surface area contributed by atoms with E-state index in [1.807, 2.05) is 13.0 Å². The Bertz CT molecular complexity index is 891. The normalized spacial score (nSPS) is 34.8. The van der Waals surface area contributed by atoms with Crippen LogP contribution in [0.2, 0.25) is 0 Å². The number of benzene rings is 1. The quantitative estimate of drug-likeness (QED) is 0.274. The molecule has 2 amide bonds. The fraction of sp³-hybridized carbons (Fsp3) is 0.476. The van der Waals surface area contributed by atoms with E-state index in [0.717, 1.165) is 20.6 Å². The molecular weight excluding hydrogens is 471 g/mol. The lowest BCUT2D eigenvalue weighted by molar-refractivity contribution is -0.140. The Kier molecular flexibility index (Phi) is 4.26. The molecule has 1 heterocycles. The first-order valence-electron chi connectivity index (χ1n) is 9.65. The van der Waals surface area contributed by atoms with Crippen LogP contribution in [0.15, 0.2) is 29.4 Å². The molecule has 6 atom stereocenters. The Morgan fingerprint density at radius 3 is 2.39 bits per heavy atom. The first-order valence-corrected chi connectivity index (χ1v) is 10.7. The molecule has 5 aliphatic rings. The second-order valence-electron chi connectivity index (χ2n) is 7.85. The van der Waals surface area contributed by atoms with Crippen molar-refractivity contribution in [3.63, 3.8) is 0 Å². The predicted octanol–water partition coefficient (Wildman–Crippen LogP) is 3.09. The third kappa shape index (κ3) is 2.54. The highest BCUT2D eigenvalue weighted by atomic mass is 127. The van der Waals surface area contributed by atoms with E-state index in [9.17, 15) is 9.59 Å². The highest BCUT2D eigenvalue weighted by Crippen LogP contribution is 2.65. The number of nitrogens with zero attached hydrogens (tertiary/aromatic N) is 2. The minimum atomic E-state index is -0.224. The Labute approximate surface area is 177 Å². The third-order valence-corrected chi connectivity index (χ3v) is 7.30. The molecule has 1 aromatic rings. The van der Waals surface area contributed by atoms with Crippen LogP contribution in [0.3, 0.4) is 0 Å². The van der Waals surface area contributed by atoms with Gasteiger partial charge in [-0.1, -0.05) is 12.2 Å². The molecule has 146 valence electrons. The maximum atomic E-state index is 13.0. The van der Waals surface area contributed by atoms with Gasteiger partial charge in [-0.05, 0) is 77.3 Å². The number of hydrazone groups is 1. The summed E-state index contributed by atoms with van der Waals surface area (Å²) in [6, 6.07) is 3.70. The zero-order valence-corrected chi connectivity index (χ0v) is 17.8. The van der Waals surface area contributed by atoms with Gasteiger partial charge in [0.1, 0.15) is 0 Å². The third-order valence-electron chi connectivity index (χ3n) is 6.50. The van der Waals surface area contributed by atoms with Crippen LogP contribution in [0.25, 0.3) is 0 Å². The van der Waals surface area contributed by atoms with Gasteiger partial charge < -0.3 is 9.47 Å². The standard InChI is InChI=1S/C21H21IN2O4/c1-3-28-19-15(22)6-10(7-16(19)27-2)9-23-24-20(25)17-11-4-5-12(14-8-13(11)14)18(17)21(24)26/h4-7,9,11-14,17-18H,3,8H2,1-2H3/b23-9-/t11-,12-,13-,14+,17+,18-/m1/s1. The summed E-state index contributed by atoms with van der Waals surface area (Å²) >= 11 is 2.18. The minimum Gasteiger partial charge on any atom is -0.493 e. The number of carbonyl (C=O) groups excluding carboxylic acids is 2. The van der Waals surface area contributed by atoms with E-state index >= 15 is 0 Å². The Morgan fingerprint density at radius 1 is 1.18 bits per heavy atom. The van der Waals surface area contributed by atoms with Crippen LogP contribution in [0.4, 0.5) is 0 Å². The van der Waals surface area contributed by atoms with Gasteiger partial charge in [-0.2, -0.15) is 10.1 Å². The van der Waals surface area contributed by atoms with Crippen LogP contribution in [-0.2, 0) is 9.59 Å². The lowest BCUT2D eigenvalue weighted by Gasteiger charge is -2.37. The highest BCUT2D eigenvalue weighted by Gasteiger charge is 2.67. The summed E-state index contributed by atoms with van der Waals surface area (Å²) in [7, 11) is 1.58. The Hall–Kier alpha value is -1.90. The van der Waals surface area contributed by atoms with Crippen molar-refractivity contribution < 1.29 is 19.1 Å². The summed E-state index contributed by atoms with van der Waals surface area (Å²) in [5.41, 5.74) is 0.754.